The van der Waals surface area contributed by atoms with Crippen LogP contribution >= 0.6 is 0 Å². The summed E-state index contributed by atoms with van der Waals surface area (Å²) in [5, 5.41) is 2.87. The van der Waals surface area contributed by atoms with Gasteiger partial charge in [0.25, 0.3) is 0 Å². The molecule has 3 rings (SSSR count). The van der Waals surface area contributed by atoms with Crippen LogP contribution in [0.4, 0.5) is 5.69 Å². The average Bonchev–Trinajstić information content (AvgIpc) is 2.64. The third-order valence-corrected chi connectivity index (χ3v) is 6.65. The van der Waals surface area contributed by atoms with Crippen molar-refractivity contribution in [3.8, 4) is 0 Å². The fraction of sp³-hybridized carbons (Fsp3) is 0.350. The van der Waals surface area contributed by atoms with Gasteiger partial charge in [0.1, 0.15) is 0 Å². The Kier molecular flexibility index (Phi) is 5.74. The number of sulfonamides is 1. The molecule has 26 heavy (non-hydrogen) atoms. The van der Waals surface area contributed by atoms with E-state index in [9.17, 15) is 13.2 Å². The molecule has 1 amide bonds. The monoisotopic (exact) mass is 372 g/mol. The van der Waals surface area contributed by atoms with Gasteiger partial charge in [0.2, 0.25) is 15.9 Å². The highest BCUT2D eigenvalue weighted by Gasteiger charge is 2.34. The Morgan fingerprint density at radius 2 is 1.77 bits per heavy atom. The van der Waals surface area contributed by atoms with Crippen LogP contribution in [0.2, 0.25) is 0 Å². The van der Waals surface area contributed by atoms with Crippen molar-refractivity contribution >= 4 is 21.6 Å². The number of hydrogen-bond acceptors (Lipinski definition) is 3. The molecule has 138 valence electrons. The molecule has 1 saturated heterocycles. The first-order valence-corrected chi connectivity index (χ1v) is 10.3. The molecule has 0 spiro atoms. The Labute approximate surface area is 155 Å². The second-order valence-corrected chi connectivity index (χ2v) is 8.59. The van der Waals surface area contributed by atoms with Crippen LogP contribution in [-0.4, -0.2) is 31.2 Å². The van der Waals surface area contributed by atoms with Gasteiger partial charge in [0.15, 0.2) is 0 Å². The number of aryl methyl sites for hydroxylation is 1. The summed E-state index contributed by atoms with van der Waals surface area (Å²) in [6.07, 6.45) is 2.62. The lowest BCUT2D eigenvalue weighted by Crippen LogP contribution is -2.45. The number of nitrogens with one attached hydrogen (secondary N) is 1. The minimum absolute atomic E-state index is 0.158. The van der Waals surface area contributed by atoms with Crippen LogP contribution < -0.4 is 5.32 Å². The predicted octanol–water partition coefficient (Wildman–Crippen LogP) is 3.57. The van der Waals surface area contributed by atoms with Gasteiger partial charge in [-0.1, -0.05) is 42.3 Å². The molecule has 1 atom stereocenters. The largest absolute Gasteiger partial charge is 0.326 e. The second-order valence-electron chi connectivity index (χ2n) is 6.70. The number of benzene rings is 2. The molecule has 1 heterocycles. The van der Waals surface area contributed by atoms with Crippen LogP contribution in [0.1, 0.15) is 31.2 Å². The smallest absolute Gasteiger partial charge is 0.243 e. The predicted molar refractivity (Wildman–Crippen MR) is 102 cm³/mol. The van der Waals surface area contributed by atoms with E-state index >= 15 is 0 Å². The third kappa shape index (κ3) is 4.31. The molecule has 0 aromatic heterocycles. The van der Waals surface area contributed by atoms with E-state index in [4.69, 9.17) is 0 Å². The Morgan fingerprint density at radius 3 is 2.46 bits per heavy atom. The van der Waals surface area contributed by atoms with Gasteiger partial charge in [-0.05, 0) is 44.0 Å². The first kappa shape index (κ1) is 18.6. The number of carbonyl (C=O) groups is 1. The maximum Gasteiger partial charge on any atom is 0.243 e. The quantitative estimate of drug-likeness (QED) is 0.872. The molecule has 2 aromatic carbocycles. The van der Waals surface area contributed by atoms with Gasteiger partial charge in [-0.2, -0.15) is 4.31 Å². The summed E-state index contributed by atoms with van der Waals surface area (Å²) in [6, 6.07) is 15.7. The van der Waals surface area contributed by atoms with Crippen LogP contribution in [-0.2, 0) is 14.8 Å². The van der Waals surface area contributed by atoms with Gasteiger partial charge < -0.3 is 5.32 Å². The van der Waals surface area contributed by atoms with E-state index in [1.165, 1.54) is 4.31 Å². The standard InChI is InChI=1S/C20H24N2O3S/c1-16-10-12-17(13-11-16)21-20(23)15-18-7-5-6-14-22(18)26(24,25)19-8-3-2-4-9-19/h2-4,8-13,18H,5-7,14-15H2,1H3,(H,21,23). The number of anilines is 1. The molecule has 0 bridgehead atoms. The van der Waals surface area contributed by atoms with Gasteiger partial charge in [0.05, 0.1) is 4.90 Å². The molecule has 2 aromatic rings. The molecule has 6 heteroatoms. The molecule has 1 aliphatic heterocycles. The Bertz CT molecular complexity index is 848. The van der Waals surface area contributed by atoms with Crippen molar-refractivity contribution in [1.29, 1.82) is 0 Å². The minimum atomic E-state index is -3.58. The molecule has 1 fully saturated rings. The van der Waals surface area contributed by atoms with Gasteiger partial charge in [-0.25, -0.2) is 8.42 Å². The number of amides is 1. The van der Waals surface area contributed by atoms with Gasteiger partial charge >= 0.3 is 0 Å². The van der Waals surface area contributed by atoms with E-state index in [0.717, 1.165) is 24.1 Å². The van der Waals surface area contributed by atoms with E-state index in [0.29, 0.717) is 13.0 Å². The molecular weight excluding hydrogens is 348 g/mol. The maximum atomic E-state index is 13.0. The molecule has 0 aliphatic carbocycles. The molecule has 0 radical (unpaired) electrons. The molecule has 1 unspecified atom stereocenters. The van der Waals surface area contributed by atoms with E-state index < -0.39 is 10.0 Å². The fourth-order valence-electron chi connectivity index (χ4n) is 3.29. The van der Waals surface area contributed by atoms with Crippen LogP contribution in [0, 0.1) is 6.92 Å². The van der Waals surface area contributed by atoms with Crippen LogP contribution in [0.5, 0.6) is 0 Å². The normalized spacial score (nSPS) is 18.4. The first-order valence-electron chi connectivity index (χ1n) is 8.90. The lowest BCUT2D eigenvalue weighted by atomic mass is 10.0. The van der Waals surface area contributed by atoms with Crippen LogP contribution in [0.3, 0.4) is 0 Å². The van der Waals surface area contributed by atoms with E-state index in [1.807, 2.05) is 31.2 Å². The van der Waals surface area contributed by atoms with Crippen LogP contribution in [0.25, 0.3) is 0 Å². The number of rotatable bonds is 5. The van der Waals surface area contributed by atoms with Crippen LogP contribution in [0.15, 0.2) is 59.5 Å². The minimum Gasteiger partial charge on any atom is -0.326 e. The van der Waals surface area contributed by atoms with Gasteiger partial charge in [-0.3, -0.25) is 4.79 Å². The SMILES string of the molecule is Cc1ccc(NC(=O)CC2CCCCN2S(=O)(=O)c2ccccc2)cc1. The summed E-state index contributed by atoms with van der Waals surface area (Å²) < 4.78 is 27.4. The molecular formula is C20H24N2O3S. The summed E-state index contributed by atoms with van der Waals surface area (Å²) >= 11 is 0. The Morgan fingerprint density at radius 1 is 1.08 bits per heavy atom. The Hall–Kier alpha value is -2.18. The Balaban J connectivity index is 1.72. The van der Waals surface area contributed by atoms with E-state index in [1.54, 1.807) is 30.3 Å². The summed E-state index contributed by atoms with van der Waals surface area (Å²) in [5.41, 5.74) is 1.85. The summed E-state index contributed by atoms with van der Waals surface area (Å²) in [6.45, 7) is 2.44. The fourth-order valence-corrected chi connectivity index (χ4v) is 5.00. The number of piperidine rings is 1. The lowest BCUT2D eigenvalue weighted by molar-refractivity contribution is -0.117. The van der Waals surface area contributed by atoms with Crippen molar-refractivity contribution in [2.75, 3.05) is 11.9 Å². The first-order chi connectivity index (χ1) is 12.5. The molecule has 1 aliphatic rings. The topological polar surface area (TPSA) is 66.5 Å². The number of nitrogens with zero attached hydrogens (tertiary/aromatic N) is 1. The zero-order valence-corrected chi connectivity index (χ0v) is 15.7. The summed E-state index contributed by atoms with van der Waals surface area (Å²) in [5.74, 6) is -0.158. The van der Waals surface area contributed by atoms with E-state index in [-0.39, 0.29) is 23.3 Å². The highest BCUT2D eigenvalue weighted by atomic mass is 32.2. The van der Waals surface area contributed by atoms with Crippen molar-refractivity contribution in [1.82, 2.24) is 4.31 Å². The lowest BCUT2D eigenvalue weighted by Gasteiger charge is -2.34. The van der Waals surface area contributed by atoms with Gasteiger partial charge in [-0.15, -0.1) is 0 Å². The zero-order chi connectivity index (χ0) is 18.6. The van der Waals surface area contributed by atoms with Crippen molar-refractivity contribution in [3.05, 3.63) is 60.2 Å². The van der Waals surface area contributed by atoms with E-state index in [2.05, 4.69) is 5.32 Å². The number of hydrogen-bond donors (Lipinski definition) is 1. The van der Waals surface area contributed by atoms with Gasteiger partial charge in [0, 0.05) is 24.7 Å². The molecule has 5 nitrogen and oxygen atoms in total. The summed E-state index contributed by atoms with van der Waals surface area (Å²) in [7, 11) is -3.58. The molecule has 0 saturated carbocycles. The second kappa shape index (κ2) is 8.01. The maximum absolute atomic E-state index is 13.0. The number of carbonyl (C=O) groups excluding carboxylic acids is 1. The third-order valence-electron chi connectivity index (χ3n) is 4.68. The highest BCUT2D eigenvalue weighted by Crippen LogP contribution is 2.27. The van der Waals surface area contributed by atoms with Crippen molar-refractivity contribution in [3.63, 3.8) is 0 Å². The van der Waals surface area contributed by atoms with Crippen molar-refractivity contribution in [2.45, 2.75) is 43.5 Å². The summed E-state index contributed by atoms with van der Waals surface area (Å²) in [4.78, 5) is 12.7. The van der Waals surface area contributed by atoms with Crippen molar-refractivity contribution in [2.24, 2.45) is 0 Å². The van der Waals surface area contributed by atoms with Crippen molar-refractivity contribution < 1.29 is 13.2 Å². The zero-order valence-electron chi connectivity index (χ0n) is 14.9. The highest BCUT2D eigenvalue weighted by molar-refractivity contribution is 7.89. The average molecular weight is 372 g/mol. The molecule has 1 N–H and O–H groups in total.